The van der Waals surface area contributed by atoms with Crippen LogP contribution in [0.2, 0.25) is 0 Å². The van der Waals surface area contributed by atoms with E-state index < -0.39 is 0 Å². The summed E-state index contributed by atoms with van der Waals surface area (Å²) in [6.45, 7) is 7.43. The number of aliphatic hydroxyl groups excluding tert-OH is 1. The Bertz CT molecular complexity index is 229. The smallest absolute Gasteiger partial charge is 0.0898 e. The molecule has 0 bridgehead atoms. The van der Waals surface area contributed by atoms with Gasteiger partial charge in [-0.25, -0.2) is 0 Å². The number of nitrogens with one attached hydrogen (secondary N) is 1. The average molecular weight is 241 g/mol. The Hall–Kier alpha value is -0.120. The predicted molar refractivity (Wildman–Crippen MR) is 69.0 cm³/mol. The summed E-state index contributed by atoms with van der Waals surface area (Å²) in [5.41, 5.74) is 0.0629. The lowest BCUT2D eigenvalue weighted by Crippen LogP contribution is -2.42. The van der Waals surface area contributed by atoms with E-state index in [1.807, 2.05) is 0 Å². The number of rotatable bonds is 7. The summed E-state index contributed by atoms with van der Waals surface area (Å²) in [6.07, 6.45) is 5.39. The molecule has 0 aromatic heterocycles. The number of β-amino-alcohol motifs (C(OH)–C–C–N with tert-alkyl or cyclic N) is 1. The molecule has 1 atom stereocenters. The Morgan fingerprint density at radius 2 is 1.71 bits per heavy atom. The quantitative estimate of drug-likeness (QED) is 0.716. The highest BCUT2D eigenvalue weighted by molar-refractivity contribution is 4.92. The number of aliphatic hydroxyl groups is 1. The van der Waals surface area contributed by atoms with Crippen molar-refractivity contribution in [3.63, 3.8) is 0 Å². The van der Waals surface area contributed by atoms with Crippen LogP contribution in [0, 0.1) is 11.8 Å². The maximum Gasteiger partial charge on any atom is 0.0898 e. The molecule has 2 rings (SSSR count). The van der Waals surface area contributed by atoms with Crippen molar-refractivity contribution in [2.45, 2.75) is 64.2 Å². The second-order valence-electron chi connectivity index (χ2n) is 6.76. The van der Waals surface area contributed by atoms with Gasteiger partial charge in [0, 0.05) is 12.1 Å². The summed E-state index contributed by atoms with van der Waals surface area (Å²) in [6, 6.07) is 0. The molecule has 0 amide bonds. The second kappa shape index (κ2) is 5.25. The first-order chi connectivity index (χ1) is 7.96. The van der Waals surface area contributed by atoms with E-state index in [2.05, 4.69) is 26.1 Å². The first-order valence-electron chi connectivity index (χ1n) is 7.00. The van der Waals surface area contributed by atoms with Crippen LogP contribution in [-0.4, -0.2) is 36.0 Å². The van der Waals surface area contributed by atoms with Crippen LogP contribution in [0.1, 0.15) is 46.5 Å². The molecule has 0 saturated heterocycles. The fourth-order valence-corrected chi connectivity index (χ4v) is 2.21. The van der Waals surface area contributed by atoms with Gasteiger partial charge in [-0.05, 0) is 58.3 Å². The maximum absolute atomic E-state index is 9.88. The summed E-state index contributed by atoms with van der Waals surface area (Å²) < 4.78 is 5.93. The Balaban J connectivity index is 1.62. The van der Waals surface area contributed by atoms with E-state index in [1.165, 1.54) is 25.7 Å². The van der Waals surface area contributed by atoms with Crippen molar-refractivity contribution in [1.29, 1.82) is 0 Å². The van der Waals surface area contributed by atoms with Crippen molar-refractivity contribution in [1.82, 2.24) is 5.32 Å². The lowest BCUT2D eigenvalue weighted by atomic mass is 10.1. The van der Waals surface area contributed by atoms with Crippen LogP contribution in [0.4, 0.5) is 0 Å². The van der Waals surface area contributed by atoms with E-state index in [0.717, 1.165) is 11.8 Å². The molecular weight excluding hydrogens is 214 g/mol. The molecule has 0 aromatic carbocycles. The second-order valence-corrected chi connectivity index (χ2v) is 6.76. The van der Waals surface area contributed by atoms with E-state index >= 15 is 0 Å². The fraction of sp³-hybridized carbons (Fsp3) is 1.00. The molecule has 0 heterocycles. The van der Waals surface area contributed by atoms with Crippen molar-refractivity contribution < 1.29 is 9.84 Å². The van der Waals surface area contributed by atoms with Gasteiger partial charge in [0.05, 0.1) is 18.8 Å². The molecule has 2 aliphatic rings. The molecule has 2 fully saturated rings. The van der Waals surface area contributed by atoms with Gasteiger partial charge in [-0.3, -0.25) is 0 Å². The third kappa shape index (κ3) is 4.94. The van der Waals surface area contributed by atoms with E-state index in [4.69, 9.17) is 4.74 Å². The summed E-state index contributed by atoms with van der Waals surface area (Å²) >= 11 is 0. The standard InChI is InChI=1S/C14H27NO2/c1-14(2,3)15-8-12(16)9-17-13(10-4-5-10)11-6-7-11/h10-13,15-16H,4-9H2,1-3H3/t12-/m0/s1. The van der Waals surface area contributed by atoms with Crippen LogP contribution in [0.25, 0.3) is 0 Å². The molecule has 3 nitrogen and oxygen atoms in total. The van der Waals surface area contributed by atoms with Gasteiger partial charge in [0.2, 0.25) is 0 Å². The van der Waals surface area contributed by atoms with Gasteiger partial charge in [-0.2, -0.15) is 0 Å². The zero-order valence-electron chi connectivity index (χ0n) is 11.4. The zero-order valence-corrected chi connectivity index (χ0v) is 11.4. The summed E-state index contributed by atoms with van der Waals surface area (Å²) in [5.74, 6) is 1.59. The van der Waals surface area contributed by atoms with E-state index in [1.54, 1.807) is 0 Å². The number of hydrogen-bond acceptors (Lipinski definition) is 3. The Morgan fingerprint density at radius 3 is 2.12 bits per heavy atom. The minimum absolute atomic E-state index is 0.0629. The van der Waals surface area contributed by atoms with E-state index in [0.29, 0.717) is 19.3 Å². The highest BCUT2D eigenvalue weighted by Gasteiger charge is 2.42. The van der Waals surface area contributed by atoms with Gasteiger partial charge in [0.15, 0.2) is 0 Å². The van der Waals surface area contributed by atoms with Crippen molar-refractivity contribution in [3.8, 4) is 0 Å². The lowest BCUT2D eigenvalue weighted by molar-refractivity contribution is -0.0288. The molecule has 0 radical (unpaired) electrons. The lowest BCUT2D eigenvalue weighted by Gasteiger charge is -2.24. The van der Waals surface area contributed by atoms with Gasteiger partial charge in [0.25, 0.3) is 0 Å². The fourth-order valence-electron chi connectivity index (χ4n) is 2.21. The van der Waals surface area contributed by atoms with Gasteiger partial charge in [-0.15, -0.1) is 0 Å². The molecule has 3 heteroatoms. The van der Waals surface area contributed by atoms with E-state index in [9.17, 15) is 5.11 Å². The van der Waals surface area contributed by atoms with Gasteiger partial charge < -0.3 is 15.2 Å². The third-order valence-corrected chi connectivity index (χ3v) is 3.52. The Labute approximate surface area is 105 Å². The van der Waals surface area contributed by atoms with Crippen LogP contribution in [0.3, 0.4) is 0 Å². The largest absolute Gasteiger partial charge is 0.389 e. The highest BCUT2D eigenvalue weighted by atomic mass is 16.5. The molecule has 2 aliphatic carbocycles. The number of ether oxygens (including phenoxy) is 1. The van der Waals surface area contributed by atoms with Crippen LogP contribution in [0.15, 0.2) is 0 Å². The summed E-state index contributed by atoms with van der Waals surface area (Å²) in [4.78, 5) is 0. The first kappa shape index (κ1) is 13.3. The van der Waals surface area contributed by atoms with Crippen LogP contribution in [0.5, 0.6) is 0 Å². The van der Waals surface area contributed by atoms with Crippen molar-refractivity contribution >= 4 is 0 Å². The first-order valence-corrected chi connectivity index (χ1v) is 7.00. The molecule has 17 heavy (non-hydrogen) atoms. The van der Waals surface area contributed by atoms with Crippen LogP contribution >= 0.6 is 0 Å². The third-order valence-electron chi connectivity index (χ3n) is 3.52. The normalized spacial score (nSPS) is 23.1. The maximum atomic E-state index is 9.88. The highest BCUT2D eigenvalue weighted by Crippen LogP contribution is 2.46. The molecule has 0 aliphatic heterocycles. The molecular formula is C14H27NO2. The summed E-state index contributed by atoms with van der Waals surface area (Å²) in [5, 5.41) is 13.2. The summed E-state index contributed by atoms with van der Waals surface area (Å²) in [7, 11) is 0. The monoisotopic (exact) mass is 241 g/mol. The Morgan fingerprint density at radius 1 is 1.18 bits per heavy atom. The van der Waals surface area contributed by atoms with E-state index in [-0.39, 0.29) is 11.6 Å². The predicted octanol–water partition coefficient (Wildman–Crippen LogP) is 1.94. The van der Waals surface area contributed by atoms with Gasteiger partial charge in [0.1, 0.15) is 0 Å². The Kier molecular flexibility index (Phi) is 4.11. The molecule has 100 valence electrons. The van der Waals surface area contributed by atoms with Gasteiger partial charge in [-0.1, -0.05) is 0 Å². The SMILES string of the molecule is CC(C)(C)NC[C@H](O)COC(C1CC1)C1CC1. The molecule has 0 spiro atoms. The topological polar surface area (TPSA) is 41.5 Å². The van der Waals surface area contributed by atoms with Crippen LogP contribution in [-0.2, 0) is 4.74 Å². The average Bonchev–Trinajstić information content (AvgIpc) is 3.06. The van der Waals surface area contributed by atoms with Crippen LogP contribution < -0.4 is 5.32 Å². The van der Waals surface area contributed by atoms with Crippen molar-refractivity contribution in [3.05, 3.63) is 0 Å². The number of hydrogen-bond donors (Lipinski definition) is 2. The van der Waals surface area contributed by atoms with Crippen molar-refractivity contribution in [2.75, 3.05) is 13.2 Å². The molecule has 2 saturated carbocycles. The molecule has 2 N–H and O–H groups in total. The van der Waals surface area contributed by atoms with Gasteiger partial charge >= 0.3 is 0 Å². The van der Waals surface area contributed by atoms with Crippen molar-refractivity contribution in [2.24, 2.45) is 11.8 Å². The minimum Gasteiger partial charge on any atom is -0.389 e. The zero-order chi connectivity index (χ0) is 12.5. The molecule has 0 unspecified atom stereocenters. The molecule has 0 aromatic rings. The minimum atomic E-state index is -0.380.